The molecule has 142 valence electrons. The van der Waals surface area contributed by atoms with Crippen LogP contribution in [0.15, 0.2) is 30.3 Å². The first-order valence-electron chi connectivity index (χ1n) is 10.9. The van der Waals surface area contributed by atoms with Crippen LogP contribution in [0.3, 0.4) is 0 Å². The highest BCUT2D eigenvalue weighted by molar-refractivity contribution is 5.76. The standard InChI is InChI=1S/C23H34N2O/c26-23(14-11-19-7-3-1-4-8-19)25-16-15-24(21-12-13-21)18-22(25)17-20-9-5-2-6-10-20/h2,5-6,9-10,19,21-22H,1,3-4,7-8,11-18H2. The van der Waals surface area contributed by atoms with E-state index in [1.807, 2.05) is 0 Å². The predicted octanol–water partition coefficient (Wildman–Crippen LogP) is 4.26. The molecule has 1 unspecified atom stereocenters. The molecule has 1 aromatic rings. The fourth-order valence-corrected chi connectivity index (χ4v) is 4.99. The first-order valence-corrected chi connectivity index (χ1v) is 10.9. The van der Waals surface area contributed by atoms with Gasteiger partial charge in [-0.1, -0.05) is 62.4 Å². The first-order chi connectivity index (χ1) is 12.8. The van der Waals surface area contributed by atoms with Crippen molar-refractivity contribution < 1.29 is 4.79 Å². The zero-order chi connectivity index (χ0) is 17.8. The van der Waals surface area contributed by atoms with Gasteiger partial charge in [0.2, 0.25) is 5.91 Å². The molecule has 2 saturated carbocycles. The van der Waals surface area contributed by atoms with Crippen LogP contribution in [0, 0.1) is 5.92 Å². The summed E-state index contributed by atoms with van der Waals surface area (Å²) < 4.78 is 0. The van der Waals surface area contributed by atoms with Crippen LogP contribution in [-0.4, -0.2) is 47.4 Å². The van der Waals surface area contributed by atoms with Crippen molar-refractivity contribution >= 4 is 5.91 Å². The summed E-state index contributed by atoms with van der Waals surface area (Å²) in [6.07, 6.45) is 12.4. The normalized spacial score (nSPS) is 25.4. The van der Waals surface area contributed by atoms with Gasteiger partial charge in [-0.05, 0) is 37.2 Å². The van der Waals surface area contributed by atoms with Crippen LogP contribution in [-0.2, 0) is 11.2 Å². The van der Waals surface area contributed by atoms with Crippen LogP contribution in [0.5, 0.6) is 0 Å². The number of amides is 1. The van der Waals surface area contributed by atoms with E-state index < -0.39 is 0 Å². The number of carbonyl (C=O) groups excluding carboxylic acids is 1. The molecule has 1 heterocycles. The molecule has 0 N–H and O–H groups in total. The van der Waals surface area contributed by atoms with Gasteiger partial charge in [0, 0.05) is 38.1 Å². The number of hydrogen-bond donors (Lipinski definition) is 0. The third-order valence-electron chi connectivity index (χ3n) is 6.70. The van der Waals surface area contributed by atoms with Crippen LogP contribution in [0.25, 0.3) is 0 Å². The molecule has 1 aliphatic heterocycles. The molecule has 3 fully saturated rings. The minimum atomic E-state index is 0.352. The van der Waals surface area contributed by atoms with Crippen molar-refractivity contribution in [3.8, 4) is 0 Å². The van der Waals surface area contributed by atoms with E-state index in [0.29, 0.717) is 11.9 Å². The fraction of sp³-hybridized carbons (Fsp3) is 0.696. The van der Waals surface area contributed by atoms with Crippen LogP contribution < -0.4 is 0 Å². The van der Waals surface area contributed by atoms with Crippen molar-refractivity contribution in [3.63, 3.8) is 0 Å². The number of nitrogens with zero attached hydrogens (tertiary/aromatic N) is 2. The van der Waals surface area contributed by atoms with Gasteiger partial charge in [-0.15, -0.1) is 0 Å². The Morgan fingerprint density at radius 3 is 2.46 bits per heavy atom. The van der Waals surface area contributed by atoms with Gasteiger partial charge in [0.15, 0.2) is 0 Å². The Bertz CT molecular complexity index is 577. The maximum absolute atomic E-state index is 13.0. The molecule has 3 aliphatic rings. The summed E-state index contributed by atoms with van der Waals surface area (Å²) in [4.78, 5) is 17.9. The zero-order valence-corrected chi connectivity index (χ0v) is 16.1. The largest absolute Gasteiger partial charge is 0.337 e. The molecular formula is C23H34N2O. The predicted molar refractivity (Wildman–Crippen MR) is 106 cm³/mol. The smallest absolute Gasteiger partial charge is 0.222 e. The summed E-state index contributed by atoms with van der Waals surface area (Å²) in [5.74, 6) is 1.21. The Morgan fingerprint density at radius 2 is 1.73 bits per heavy atom. The van der Waals surface area contributed by atoms with Crippen molar-refractivity contribution in [2.24, 2.45) is 5.92 Å². The Hall–Kier alpha value is -1.35. The van der Waals surface area contributed by atoms with Crippen LogP contribution in [0.2, 0.25) is 0 Å². The van der Waals surface area contributed by atoms with Crippen LogP contribution in [0.1, 0.15) is 63.4 Å². The number of rotatable bonds is 6. The van der Waals surface area contributed by atoms with Gasteiger partial charge >= 0.3 is 0 Å². The van der Waals surface area contributed by atoms with E-state index in [2.05, 4.69) is 40.1 Å². The number of carbonyl (C=O) groups is 1. The lowest BCUT2D eigenvalue weighted by atomic mass is 9.86. The Balaban J connectivity index is 1.37. The van der Waals surface area contributed by atoms with Crippen LogP contribution >= 0.6 is 0 Å². The minimum Gasteiger partial charge on any atom is -0.337 e. The summed E-state index contributed by atoms with van der Waals surface area (Å²) in [5, 5.41) is 0. The van der Waals surface area contributed by atoms with E-state index >= 15 is 0 Å². The summed E-state index contributed by atoms with van der Waals surface area (Å²) in [6.45, 7) is 3.07. The maximum atomic E-state index is 13.0. The van der Waals surface area contributed by atoms with Gasteiger partial charge < -0.3 is 4.90 Å². The fourth-order valence-electron chi connectivity index (χ4n) is 4.99. The summed E-state index contributed by atoms with van der Waals surface area (Å²) in [6, 6.07) is 11.9. The van der Waals surface area contributed by atoms with Crippen molar-refractivity contribution in [3.05, 3.63) is 35.9 Å². The SMILES string of the molecule is O=C(CCC1CCCCC1)N1CCN(C2CC2)CC1Cc1ccccc1. The minimum absolute atomic E-state index is 0.352. The van der Waals surface area contributed by atoms with Crippen molar-refractivity contribution in [2.45, 2.75) is 76.3 Å². The highest BCUT2D eigenvalue weighted by Gasteiger charge is 2.37. The van der Waals surface area contributed by atoms with Gasteiger partial charge in [0.05, 0.1) is 0 Å². The molecule has 0 bridgehead atoms. The first kappa shape index (κ1) is 18.0. The van der Waals surface area contributed by atoms with Gasteiger partial charge in [0.1, 0.15) is 0 Å². The number of piperazine rings is 1. The molecule has 3 heteroatoms. The highest BCUT2D eigenvalue weighted by Crippen LogP contribution is 2.31. The number of benzene rings is 1. The van der Waals surface area contributed by atoms with Gasteiger partial charge in [-0.25, -0.2) is 0 Å². The maximum Gasteiger partial charge on any atom is 0.222 e. The van der Waals surface area contributed by atoms with Crippen LogP contribution in [0.4, 0.5) is 0 Å². The average Bonchev–Trinajstić information content (AvgIpc) is 3.53. The average molecular weight is 355 g/mol. The molecule has 0 radical (unpaired) electrons. The molecule has 1 amide bonds. The van der Waals surface area contributed by atoms with E-state index in [1.165, 1.54) is 50.5 Å². The van der Waals surface area contributed by atoms with E-state index in [9.17, 15) is 4.79 Å². The quantitative estimate of drug-likeness (QED) is 0.762. The third kappa shape index (κ3) is 4.68. The van der Waals surface area contributed by atoms with Gasteiger partial charge in [0.25, 0.3) is 0 Å². The molecule has 0 spiro atoms. The lowest BCUT2D eigenvalue weighted by molar-refractivity contribution is -0.136. The molecule has 3 nitrogen and oxygen atoms in total. The topological polar surface area (TPSA) is 23.6 Å². The second kappa shape index (κ2) is 8.56. The second-order valence-electron chi connectivity index (χ2n) is 8.70. The van der Waals surface area contributed by atoms with Crippen molar-refractivity contribution in [2.75, 3.05) is 19.6 Å². The molecule has 1 atom stereocenters. The van der Waals surface area contributed by atoms with E-state index in [0.717, 1.165) is 50.9 Å². The van der Waals surface area contributed by atoms with Crippen molar-refractivity contribution in [1.82, 2.24) is 9.80 Å². The summed E-state index contributed by atoms with van der Waals surface area (Å²) >= 11 is 0. The van der Waals surface area contributed by atoms with E-state index in [4.69, 9.17) is 0 Å². The zero-order valence-electron chi connectivity index (χ0n) is 16.1. The Morgan fingerprint density at radius 1 is 0.962 bits per heavy atom. The second-order valence-corrected chi connectivity index (χ2v) is 8.70. The molecular weight excluding hydrogens is 320 g/mol. The Labute approximate surface area is 158 Å². The lowest BCUT2D eigenvalue weighted by Crippen LogP contribution is -2.56. The Kier molecular flexibility index (Phi) is 5.94. The summed E-state index contributed by atoms with van der Waals surface area (Å²) in [5.41, 5.74) is 1.36. The monoisotopic (exact) mass is 354 g/mol. The molecule has 26 heavy (non-hydrogen) atoms. The molecule has 2 aliphatic carbocycles. The molecule has 1 saturated heterocycles. The summed E-state index contributed by atoms with van der Waals surface area (Å²) in [7, 11) is 0. The lowest BCUT2D eigenvalue weighted by Gasteiger charge is -2.42. The van der Waals surface area contributed by atoms with Gasteiger partial charge in [-0.3, -0.25) is 9.69 Å². The highest BCUT2D eigenvalue weighted by atomic mass is 16.2. The number of hydrogen-bond acceptors (Lipinski definition) is 2. The molecule has 0 aromatic heterocycles. The third-order valence-corrected chi connectivity index (χ3v) is 6.70. The van der Waals surface area contributed by atoms with E-state index in [-0.39, 0.29) is 0 Å². The van der Waals surface area contributed by atoms with E-state index in [1.54, 1.807) is 0 Å². The van der Waals surface area contributed by atoms with Crippen molar-refractivity contribution in [1.29, 1.82) is 0 Å². The molecule has 1 aromatic carbocycles. The molecule has 4 rings (SSSR count). The van der Waals surface area contributed by atoms with Gasteiger partial charge in [-0.2, -0.15) is 0 Å².